The molecule has 0 aliphatic rings. The Morgan fingerprint density at radius 3 is 2.80 bits per heavy atom. The highest BCUT2D eigenvalue weighted by atomic mass is 79.9. The Morgan fingerprint density at radius 2 is 2.15 bits per heavy atom. The lowest BCUT2D eigenvalue weighted by Crippen LogP contribution is -2.23. The van der Waals surface area contributed by atoms with E-state index in [-0.39, 0.29) is 10.6 Å². The average molecular weight is 346 g/mol. The minimum absolute atomic E-state index is 0.134. The number of nitro groups is 1. The molecule has 1 aromatic carbocycles. The second-order valence-corrected chi connectivity index (χ2v) is 5.54. The van der Waals surface area contributed by atoms with Crippen LogP contribution >= 0.6 is 15.9 Å². The van der Waals surface area contributed by atoms with E-state index >= 15 is 0 Å². The van der Waals surface area contributed by atoms with Crippen molar-refractivity contribution in [1.82, 2.24) is 10.2 Å². The first-order valence-electron chi connectivity index (χ1n) is 6.36. The fourth-order valence-corrected chi connectivity index (χ4v) is 2.00. The molecule has 1 N–H and O–H groups in total. The Balaban J connectivity index is 2.31. The van der Waals surface area contributed by atoms with Gasteiger partial charge in [0.25, 0.3) is 5.69 Å². The van der Waals surface area contributed by atoms with E-state index in [0.717, 1.165) is 11.0 Å². The maximum Gasteiger partial charge on any atom is 0.273 e. The molecule has 0 amide bonds. The average Bonchev–Trinajstić information content (AvgIpc) is 2.37. The van der Waals surface area contributed by atoms with Crippen molar-refractivity contribution in [3.8, 4) is 0 Å². The summed E-state index contributed by atoms with van der Waals surface area (Å²) in [7, 11) is 3.99. The van der Waals surface area contributed by atoms with Crippen molar-refractivity contribution in [2.45, 2.75) is 6.54 Å². The van der Waals surface area contributed by atoms with Gasteiger partial charge in [-0.05, 0) is 26.2 Å². The monoisotopic (exact) mass is 345 g/mol. The molecular weight excluding hydrogens is 326 g/mol. The van der Waals surface area contributed by atoms with Crippen LogP contribution in [0.1, 0.15) is 5.56 Å². The number of nitro benzene ring substituents is 1. The van der Waals surface area contributed by atoms with Crippen LogP contribution in [0.25, 0.3) is 0 Å². The van der Waals surface area contributed by atoms with Crippen LogP contribution in [0.4, 0.5) is 5.69 Å². The molecule has 0 bridgehead atoms. The predicted octanol–water partition coefficient (Wildman–Crippen LogP) is 2.03. The third-order valence-corrected chi connectivity index (χ3v) is 3.15. The fraction of sp³-hybridized carbons (Fsp3) is 0.538. The van der Waals surface area contributed by atoms with E-state index in [1.165, 1.54) is 6.07 Å². The number of ether oxygens (including phenoxy) is 1. The Bertz CT molecular complexity index is 441. The summed E-state index contributed by atoms with van der Waals surface area (Å²) < 4.78 is 6.27. The molecule has 20 heavy (non-hydrogen) atoms. The maximum atomic E-state index is 10.9. The van der Waals surface area contributed by atoms with Gasteiger partial charge in [-0.3, -0.25) is 10.1 Å². The van der Waals surface area contributed by atoms with Crippen LogP contribution in [0.2, 0.25) is 0 Å². The van der Waals surface area contributed by atoms with Gasteiger partial charge >= 0.3 is 0 Å². The normalized spacial score (nSPS) is 11.0. The van der Waals surface area contributed by atoms with Gasteiger partial charge in [0.1, 0.15) is 0 Å². The molecule has 7 heteroatoms. The van der Waals surface area contributed by atoms with Crippen LogP contribution in [0.3, 0.4) is 0 Å². The van der Waals surface area contributed by atoms with Crippen molar-refractivity contribution in [2.24, 2.45) is 0 Å². The molecule has 112 valence electrons. The van der Waals surface area contributed by atoms with E-state index in [9.17, 15) is 10.1 Å². The van der Waals surface area contributed by atoms with Gasteiger partial charge in [-0.1, -0.05) is 15.9 Å². The van der Waals surface area contributed by atoms with Crippen LogP contribution in [0, 0.1) is 10.1 Å². The summed E-state index contributed by atoms with van der Waals surface area (Å²) >= 11 is 3.32. The molecule has 0 aliphatic heterocycles. The van der Waals surface area contributed by atoms with Gasteiger partial charge < -0.3 is 15.0 Å². The number of benzene rings is 1. The molecule has 0 fully saturated rings. The highest BCUT2D eigenvalue weighted by Crippen LogP contribution is 2.22. The summed E-state index contributed by atoms with van der Waals surface area (Å²) in [6, 6.07) is 4.94. The van der Waals surface area contributed by atoms with Crippen LogP contribution in [0.5, 0.6) is 0 Å². The number of hydrogen-bond acceptors (Lipinski definition) is 5. The Labute approximate surface area is 127 Å². The van der Waals surface area contributed by atoms with Crippen LogP contribution < -0.4 is 5.32 Å². The highest BCUT2D eigenvalue weighted by molar-refractivity contribution is 9.10. The lowest BCUT2D eigenvalue weighted by Gasteiger charge is -2.10. The van der Waals surface area contributed by atoms with Crippen LogP contribution in [-0.4, -0.2) is 50.2 Å². The van der Waals surface area contributed by atoms with Crippen molar-refractivity contribution in [3.63, 3.8) is 0 Å². The number of likely N-dealkylation sites (N-methyl/N-ethyl adjacent to an activating group) is 1. The second kappa shape index (κ2) is 9.02. The molecule has 0 spiro atoms. The van der Waals surface area contributed by atoms with Crippen LogP contribution in [0.15, 0.2) is 22.7 Å². The predicted molar refractivity (Wildman–Crippen MR) is 81.9 cm³/mol. The largest absolute Gasteiger partial charge is 0.379 e. The Kier molecular flexibility index (Phi) is 7.68. The van der Waals surface area contributed by atoms with Gasteiger partial charge in [0.05, 0.1) is 18.1 Å². The van der Waals surface area contributed by atoms with Crippen molar-refractivity contribution in [1.29, 1.82) is 0 Å². The van der Waals surface area contributed by atoms with E-state index in [4.69, 9.17) is 4.74 Å². The van der Waals surface area contributed by atoms with E-state index in [1.807, 2.05) is 14.1 Å². The number of halogens is 1. The standard InChI is InChI=1S/C13H20BrN3O3/c1-16(2)6-8-20-7-5-15-10-11-9-12(14)3-4-13(11)17(18)19/h3-4,9,15H,5-8,10H2,1-2H3. The van der Waals surface area contributed by atoms with Gasteiger partial charge in [-0.25, -0.2) is 0 Å². The van der Waals surface area contributed by atoms with Gasteiger partial charge in [0.2, 0.25) is 0 Å². The molecule has 0 aromatic heterocycles. The molecule has 0 saturated heterocycles. The van der Waals surface area contributed by atoms with E-state index in [1.54, 1.807) is 12.1 Å². The first-order chi connectivity index (χ1) is 9.50. The summed E-state index contributed by atoms with van der Waals surface area (Å²) in [6.07, 6.45) is 0. The molecule has 0 saturated carbocycles. The molecule has 1 aromatic rings. The van der Waals surface area contributed by atoms with Crippen LogP contribution in [-0.2, 0) is 11.3 Å². The van der Waals surface area contributed by atoms with Gasteiger partial charge in [0, 0.05) is 35.7 Å². The number of rotatable bonds is 9. The minimum Gasteiger partial charge on any atom is -0.379 e. The lowest BCUT2D eigenvalue weighted by atomic mass is 10.2. The van der Waals surface area contributed by atoms with Crippen molar-refractivity contribution in [2.75, 3.05) is 40.4 Å². The summed E-state index contributed by atoms with van der Waals surface area (Å²) in [5, 5.41) is 14.1. The Hall–Kier alpha value is -1.02. The summed E-state index contributed by atoms with van der Waals surface area (Å²) in [6.45, 7) is 3.28. The first kappa shape index (κ1) is 17.0. The number of nitrogens with one attached hydrogen (secondary N) is 1. The minimum atomic E-state index is -0.364. The number of nitrogens with zero attached hydrogens (tertiary/aromatic N) is 2. The molecule has 1 rings (SSSR count). The van der Waals surface area contributed by atoms with Gasteiger partial charge in [-0.15, -0.1) is 0 Å². The van der Waals surface area contributed by atoms with Crippen molar-refractivity contribution in [3.05, 3.63) is 38.3 Å². The molecule has 6 nitrogen and oxygen atoms in total. The van der Waals surface area contributed by atoms with E-state index in [2.05, 4.69) is 26.1 Å². The molecule has 0 radical (unpaired) electrons. The third kappa shape index (κ3) is 6.42. The summed E-state index contributed by atoms with van der Waals surface area (Å²) in [4.78, 5) is 12.6. The lowest BCUT2D eigenvalue weighted by molar-refractivity contribution is -0.385. The molecular formula is C13H20BrN3O3. The quantitative estimate of drug-likeness (QED) is 0.421. The number of hydrogen-bond donors (Lipinski definition) is 1. The zero-order valence-corrected chi connectivity index (χ0v) is 13.4. The van der Waals surface area contributed by atoms with E-state index in [0.29, 0.717) is 31.9 Å². The molecule has 0 atom stereocenters. The van der Waals surface area contributed by atoms with Crippen molar-refractivity contribution < 1.29 is 9.66 Å². The molecule has 0 aliphatic carbocycles. The molecule has 0 heterocycles. The molecule has 0 unspecified atom stereocenters. The summed E-state index contributed by atoms with van der Waals surface area (Å²) in [5.41, 5.74) is 0.798. The zero-order chi connectivity index (χ0) is 15.0. The second-order valence-electron chi connectivity index (χ2n) is 4.62. The maximum absolute atomic E-state index is 10.9. The summed E-state index contributed by atoms with van der Waals surface area (Å²) in [5.74, 6) is 0. The first-order valence-corrected chi connectivity index (χ1v) is 7.16. The van der Waals surface area contributed by atoms with Gasteiger partial charge in [-0.2, -0.15) is 0 Å². The van der Waals surface area contributed by atoms with Crippen molar-refractivity contribution >= 4 is 21.6 Å². The SMILES string of the molecule is CN(C)CCOCCNCc1cc(Br)ccc1[N+](=O)[O-]. The highest BCUT2D eigenvalue weighted by Gasteiger charge is 2.12. The fourth-order valence-electron chi connectivity index (χ4n) is 1.59. The van der Waals surface area contributed by atoms with E-state index < -0.39 is 0 Å². The topological polar surface area (TPSA) is 67.6 Å². The Morgan fingerprint density at radius 1 is 1.40 bits per heavy atom. The smallest absolute Gasteiger partial charge is 0.273 e. The third-order valence-electron chi connectivity index (χ3n) is 2.66. The zero-order valence-electron chi connectivity index (χ0n) is 11.8. The van der Waals surface area contributed by atoms with Gasteiger partial charge in [0.15, 0.2) is 0 Å².